The highest BCUT2D eigenvalue weighted by molar-refractivity contribution is 7.80. The van der Waals surface area contributed by atoms with E-state index >= 15 is 0 Å². The van der Waals surface area contributed by atoms with E-state index in [0.717, 1.165) is 11.3 Å². The van der Waals surface area contributed by atoms with Crippen LogP contribution in [0.5, 0.6) is 11.5 Å². The Balaban J connectivity index is 1.58. The van der Waals surface area contributed by atoms with Gasteiger partial charge in [0.25, 0.3) is 0 Å². The lowest BCUT2D eigenvalue weighted by Crippen LogP contribution is -2.27. The first kappa shape index (κ1) is 14.9. The molecule has 0 fully saturated rings. The van der Waals surface area contributed by atoms with E-state index in [1.54, 1.807) is 12.1 Å². The van der Waals surface area contributed by atoms with Crippen LogP contribution in [0, 0.1) is 5.82 Å². The minimum Gasteiger partial charge on any atom is -0.454 e. The first-order valence-electron chi connectivity index (χ1n) is 6.50. The molecule has 2 N–H and O–H groups in total. The number of ether oxygens (including phenoxy) is 2. The standard InChI is InChI=1S/C15H12ClFN2O2S/c16-12-5-10(17)2-1-9(12)7-18-15(22)19-11-3-4-13-14(6-11)21-8-20-13/h1-6H,7-8H2,(H2,18,19,22). The molecular formula is C15H12ClFN2O2S. The van der Waals surface area contributed by atoms with Crippen LogP contribution in [-0.4, -0.2) is 11.9 Å². The van der Waals surface area contributed by atoms with Crippen molar-refractivity contribution in [3.63, 3.8) is 0 Å². The van der Waals surface area contributed by atoms with E-state index in [4.69, 9.17) is 33.3 Å². The van der Waals surface area contributed by atoms with Crippen LogP contribution in [0.15, 0.2) is 36.4 Å². The summed E-state index contributed by atoms with van der Waals surface area (Å²) in [5.74, 6) is 1.02. The molecule has 0 aliphatic carbocycles. The highest BCUT2D eigenvalue weighted by Crippen LogP contribution is 2.34. The molecule has 1 heterocycles. The van der Waals surface area contributed by atoms with Gasteiger partial charge in [-0.15, -0.1) is 0 Å². The Morgan fingerprint density at radius 2 is 2.00 bits per heavy atom. The topological polar surface area (TPSA) is 42.5 Å². The smallest absolute Gasteiger partial charge is 0.231 e. The van der Waals surface area contributed by atoms with Crippen molar-refractivity contribution in [1.29, 1.82) is 0 Å². The van der Waals surface area contributed by atoms with E-state index in [1.807, 2.05) is 12.1 Å². The van der Waals surface area contributed by atoms with Gasteiger partial charge in [0.1, 0.15) is 5.82 Å². The fourth-order valence-electron chi connectivity index (χ4n) is 1.99. The number of halogens is 2. The molecule has 1 aliphatic rings. The maximum atomic E-state index is 13.0. The molecule has 4 nitrogen and oxygen atoms in total. The van der Waals surface area contributed by atoms with Gasteiger partial charge in [0, 0.05) is 23.3 Å². The van der Waals surface area contributed by atoms with Crippen molar-refractivity contribution < 1.29 is 13.9 Å². The zero-order chi connectivity index (χ0) is 15.5. The molecule has 22 heavy (non-hydrogen) atoms. The largest absolute Gasteiger partial charge is 0.454 e. The van der Waals surface area contributed by atoms with Crippen molar-refractivity contribution in [1.82, 2.24) is 5.32 Å². The minimum absolute atomic E-state index is 0.227. The highest BCUT2D eigenvalue weighted by Gasteiger charge is 2.13. The third-order valence-corrected chi connectivity index (χ3v) is 3.68. The zero-order valence-electron chi connectivity index (χ0n) is 11.4. The SMILES string of the molecule is Fc1ccc(CNC(=S)Nc2ccc3c(c2)OCO3)c(Cl)c1. The number of nitrogens with one attached hydrogen (secondary N) is 2. The van der Waals surface area contributed by atoms with Gasteiger partial charge in [-0.05, 0) is 42.0 Å². The quantitative estimate of drug-likeness (QED) is 0.835. The first-order chi connectivity index (χ1) is 10.6. The lowest BCUT2D eigenvalue weighted by Gasteiger charge is -2.12. The van der Waals surface area contributed by atoms with Gasteiger partial charge in [0.2, 0.25) is 6.79 Å². The molecule has 3 rings (SSSR count). The monoisotopic (exact) mass is 338 g/mol. The Labute approximate surface area is 137 Å². The Morgan fingerprint density at radius 3 is 2.82 bits per heavy atom. The molecule has 0 atom stereocenters. The van der Waals surface area contributed by atoms with Gasteiger partial charge in [-0.3, -0.25) is 0 Å². The molecule has 114 valence electrons. The summed E-state index contributed by atoms with van der Waals surface area (Å²) in [6.07, 6.45) is 0. The second-order valence-electron chi connectivity index (χ2n) is 4.61. The van der Waals surface area contributed by atoms with Gasteiger partial charge in [-0.25, -0.2) is 4.39 Å². The zero-order valence-corrected chi connectivity index (χ0v) is 12.9. The van der Waals surface area contributed by atoms with Crippen molar-refractivity contribution in [3.8, 4) is 11.5 Å². The third-order valence-electron chi connectivity index (χ3n) is 3.08. The Hall–Kier alpha value is -2.05. The first-order valence-corrected chi connectivity index (χ1v) is 7.29. The lowest BCUT2D eigenvalue weighted by atomic mass is 10.2. The third kappa shape index (κ3) is 3.40. The van der Waals surface area contributed by atoms with Crippen molar-refractivity contribution >= 4 is 34.6 Å². The van der Waals surface area contributed by atoms with Crippen molar-refractivity contribution in [3.05, 3.63) is 52.8 Å². The summed E-state index contributed by atoms with van der Waals surface area (Å²) in [6, 6.07) is 9.70. The molecule has 0 bridgehead atoms. The average molecular weight is 339 g/mol. The summed E-state index contributed by atoms with van der Waals surface area (Å²) < 4.78 is 23.5. The minimum atomic E-state index is -0.366. The molecular weight excluding hydrogens is 327 g/mol. The molecule has 0 saturated carbocycles. The van der Waals surface area contributed by atoms with Crippen LogP contribution in [0.2, 0.25) is 5.02 Å². The maximum Gasteiger partial charge on any atom is 0.231 e. The summed E-state index contributed by atoms with van der Waals surface area (Å²) in [5.41, 5.74) is 1.55. The van der Waals surface area contributed by atoms with Gasteiger partial charge >= 0.3 is 0 Å². The predicted molar refractivity (Wildman–Crippen MR) is 87.0 cm³/mol. The van der Waals surface area contributed by atoms with Gasteiger partial charge in [0.15, 0.2) is 16.6 Å². The van der Waals surface area contributed by atoms with Crippen molar-refractivity contribution in [2.24, 2.45) is 0 Å². The molecule has 0 saturated heterocycles. The number of thiocarbonyl (C=S) groups is 1. The Bertz CT molecular complexity index is 727. The van der Waals surface area contributed by atoms with Crippen LogP contribution in [0.25, 0.3) is 0 Å². The Morgan fingerprint density at radius 1 is 1.18 bits per heavy atom. The van der Waals surface area contributed by atoms with Crippen LogP contribution >= 0.6 is 23.8 Å². The van der Waals surface area contributed by atoms with Crippen LogP contribution in [-0.2, 0) is 6.54 Å². The summed E-state index contributed by atoms with van der Waals surface area (Å²) in [4.78, 5) is 0. The number of fused-ring (bicyclic) bond motifs is 1. The fraction of sp³-hybridized carbons (Fsp3) is 0.133. The summed E-state index contributed by atoms with van der Waals surface area (Å²) >= 11 is 11.2. The van der Waals surface area contributed by atoms with Crippen molar-refractivity contribution in [2.75, 3.05) is 12.1 Å². The lowest BCUT2D eigenvalue weighted by molar-refractivity contribution is 0.174. The molecule has 2 aromatic rings. The van der Waals surface area contributed by atoms with Gasteiger partial charge in [-0.1, -0.05) is 17.7 Å². The molecule has 2 aromatic carbocycles. The molecule has 7 heteroatoms. The van der Waals surface area contributed by atoms with E-state index in [0.29, 0.717) is 28.2 Å². The number of hydrogen-bond donors (Lipinski definition) is 2. The van der Waals surface area contributed by atoms with Crippen LogP contribution in [0.3, 0.4) is 0 Å². The molecule has 1 aliphatic heterocycles. The number of rotatable bonds is 3. The van der Waals surface area contributed by atoms with Gasteiger partial charge in [-0.2, -0.15) is 0 Å². The molecule has 0 amide bonds. The Kier molecular flexibility index (Phi) is 4.31. The van der Waals surface area contributed by atoms with E-state index in [1.165, 1.54) is 12.1 Å². The summed E-state index contributed by atoms with van der Waals surface area (Å²) in [6.45, 7) is 0.625. The van der Waals surface area contributed by atoms with E-state index in [2.05, 4.69) is 10.6 Å². The van der Waals surface area contributed by atoms with E-state index in [-0.39, 0.29) is 12.6 Å². The number of anilines is 1. The molecule has 0 unspecified atom stereocenters. The second kappa shape index (κ2) is 6.37. The normalized spacial score (nSPS) is 12.1. The van der Waals surface area contributed by atoms with E-state index in [9.17, 15) is 4.39 Å². The summed E-state index contributed by atoms with van der Waals surface area (Å²) in [5, 5.41) is 6.85. The van der Waals surface area contributed by atoms with Crippen LogP contribution in [0.1, 0.15) is 5.56 Å². The number of benzene rings is 2. The van der Waals surface area contributed by atoms with E-state index < -0.39 is 0 Å². The second-order valence-corrected chi connectivity index (χ2v) is 5.43. The van der Waals surface area contributed by atoms with Gasteiger partial charge in [0.05, 0.1) is 0 Å². The molecule has 0 radical (unpaired) electrons. The average Bonchev–Trinajstić information content (AvgIpc) is 2.94. The fourth-order valence-corrected chi connectivity index (χ4v) is 2.41. The van der Waals surface area contributed by atoms with Gasteiger partial charge < -0.3 is 20.1 Å². The maximum absolute atomic E-state index is 13.0. The predicted octanol–water partition coefficient (Wildman–Crippen LogP) is 3.69. The number of hydrogen-bond acceptors (Lipinski definition) is 3. The van der Waals surface area contributed by atoms with Crippen LogP contribution < -0.4 is 20.1 Å². The highest BCUT2D eigenvalue weighted by atomic mass is 35.5. The molecule has 0 spiro atoms. The van der Waals surface area contributed by atoms with Crippen LogP contribution in [0.4, 0.5) is 10.1 Å². The molecule has 0 aromatic heterocycles. The summed E-state index contributed by atoms with van der Waals surface area (Å²) in [7, 11) is 0. The van der Waals surface area contributed by atoms with Crippen molar-refractivity contribution in [2.45, 2.75) is 6.54 Å².